The second kappa shape index (κ2) is 7.70. The van der Waals surface area contributed by atoms with Crippen molar-refractivity contribution in [2.75, 3.05) is 18.9 Å². The van der Waals surface area contributed by atoms with Crippen LogP contribution in [0.4, 0.5) is 0 Å². The normalized spacial score (nSPS) is 17.8. The number of hydrogen-bond acceptors (Lipinski definition) is 4. The van der Waals surface area contributed by atoms with Crippen LogP contribution < -0.4 is 4.72 Å². The van der Waals surface area contributed by atoms with E-state index < -0.39 is 16.0 Å². The molecule has 1 rings (SSSR count). The maximum Gasteiger partial charge on any atom is 0.304 e. The quantitative estimate of drug-likeness (QED) is 0.639. The van der Waals surface area contributed by atoms with Crippen LogP contribution in [0.1, 0.15) is 38.5 Å². The zero-order valence-corrected chi connectivity index (χ0v) is 11.2. The van der Waals surface area contributed by atoms with E-state index in [0.29, 0.717) is 6.61 Å². The average molecular weight is 279 g/mol. The van der Waals surface area contributed by atoms with Crippen molar-refractivity contribution in [2.45, 2.75) is 44.6 Å². The SMILES string of the molecule is O=C(O)CCS(=O)(=O)NCCOC1CCCCC1. The van der Waals surface area contributed by atoms with E-state index in [2.05, 4.69) is 4.72 Å². The number of ether oxygens (including phenoxy) is 1. The van der Waals surface area contributed by atoms with Gasteiger partial charge in [0.25, 0.3) is 0 Å². The van der Waals surface area contributed by atoms with Crippen LogP contribution in [0.25, 0.3) is 0 Å². The molecular formula is C11H21NO5S. The standard InChI is InChI=1S/C11H21NO5S/c13-11(14)6-9-18(15,16)12-7-8-17-10-4-2-1-3-5-10/h10,12H,1-9H2,(H,13,14). The lowest BCUT2D eigenvalue weighted by atomic mass is 9.98. The lowest BCUT2D eigenvalue weighted by Crippen LogP contribution is -2.31. The Labute approximate surface area is 108 Å². The van der Waals surface area contributed by atoms with Gasteiger partial charge in [-0.3, -0.25) is 4.79 Å². The summed E-state index contributed by atoms with van der Waals surface area (Å²) in [5.74, 6) is -1.50. The Balaban J connectivity index is 2.10. The van der Waals surface area contributed by atoms with Crippen molar-refractivity contribution in [3.63, 3.8) is 0 Å². The largest absolute Gasteiger partial charge is 0.481 e. The number of sulfonamides is 1. The molecular weight excluding hydrogens is 258 g/mol. The molecule has 1 aliphatic rings. The first-order valence-electron chi connectivity index (χ1n) is 6.30. The number of carbonyl (C=O) groups is 1. The van der Waals surface area contributed by atoms with Crippen LogP contribution in [0.3, 0.4) is 0 Å². The first-order valence-corrected chi connectivity index (χ1v) is 7.95. The predicted molar refractivity (Wildman–Crippen MR) is 66.9 cm³/mol. The van der Waals surface area contributed by atoms with E-state index in [1.807, 2.05) is 0 Å². The van der Waals surface area contributed by atoms with Crippen LogP contribution >= 0.6 is 0 Å². The van der Waals surface area contributed by atoms with Crippen molar-refractivity contribution < 1.29 is 23.1 Å². The summed E-state index contributed by atoms with van der Waals surface area (Å²) in [5, 5.41) is 8.40. The molecule has 1 fully saturated rings. The highest BCUT2D eigenvalue weighted by molar-refractivity contribution is 7.89. The van der Waals surface area contributed by atoms with Crippen molar-refractivity contribution in [3.05, 3.63) is 0 Å². The molecule has 0 spiro atoms. The number of hydrogen-bond donors (Lipinski definition) is 2. The molecule has 0 atom stereocenters. The summed E-state index contributed by atoms with van der Waals surface area (Å²) >= 11 is 0. The van der Waals surface area contributed by atoms with Crippen molar-refractivity contribution in [2.24, 2.45) is 0 Å². The fourth-order valence-electron chi connectivity index (χ4n) is 1.95. The van der Waals surface area contributed by atoms with Crippen LogP contribution in [-0.4, -0.2) is 44.5 Å². The molecule has 0 aromatic rings. The van der Waals surface area contributed by atoms with Crippen LogP contribution in [0, 0.1) is 0 Å². The highest BCUT2D eigenvalue weighted by Crippen LogP contribution is 2.19. The fourth-order valence-corrected chi connectivity index (χ4v) is 2.93. The zero-order chi connectivity index (χ0) is 13.4. The Morgan fingerprint density at radius 1 is 1.28 bits per heavy atom. The van der Waals surface area contributed by atoms with Gasteiger partial charge in [-0.15, -0.1) is 0 Å². The smallest absolute Gasteiger partial charge is 0.304 e. The van der Waals surface area contributed by atoms with Crippen LogP contribution in [0.2, 0.25) is 0 Å². The molecule has 2 N–H and O–H groups in total. The molecule has 106 valence electrons. The summed E-state index contributed by atoms with van der Waals surface area (Å²) in [4.78, 5) is 10.3. The Morgan fingerprint density at radius 2 is 1.94 bits per heavy atom. The Hall–Kier alpha value is -0.660. The molecule has 0 bridgehead atoms. The first-order chi connectivity index (χ1) is 8.49. The van der Waals surface area contributed by atoms with E-state index in [1.165, 1.54) is 19.3 Å². The van der Waals surface area contributed by atoms with Crippen molar-refractivity contribution in [1.29, 1.82) is 0 Å². The summed E-state index contributed by atoms with van der Waals surface area (Å²) in [5.41, 5.74) is 0. The van der Waals surface area contributed by atoms with E-state index in [0.717, 1.165) is 12.8 Å². The number of nitrogens with one attached hydrogen (secondary N) is 1. The third-order valence-corrected chi connectivity index (χ3v) is 4.30. The van der Waals surface area contributed by atoms with Gasteiger partial charge in [0.2, 0.25) is 10.0 Å². The van der Waals surface area contributed by atoms with Crippen LogP contribution in [0.15, 0.2) is 0 Å². The summed E-state index contributed by atoms with van der Waals surface area (Å²) in [6.07, 6.45) is 5.57. The molecule has 0 saturated heterocycles. The van der Waals surface area contributed by atoms with Crippen molar-refractivity contribution in [1.82, 2.24) is 4.72 Å². The van der Waals surface area contributed by atoms with Gasteiger partial charge in [0.05, 0.1) is 24.9 Å². The molecule has 6 nitrogen and oxygen atoms in total. The van der Waals surface area contributed by atoms with E-state index in [4.69, 9.17) is 9.84 Å². The molecule has 1 aliphatic carbocycles. The number of rotatable bonds is 8. The van der Waals surface area contributed by atoms with Crippen molar-refractivity contribution >= 4 is 16.0 Å². The predicted octanol–water partition coefficient (Wildman–Crippen LogP) is 0.730. The Morgan fingerprint density at radius 3 is 2.56 bits per heavy atom. The third kappa shape index (κ3) is 6.93. The molecule has 0 radical (unpaired) electrons. The highest BCUT2D eigenvalue weighted by Gasteiger charge is 2.15. The Kier molecular flexibility index (Phi) is 6.59. The summed E-state index contributed by atoms with van der Waals surface area (Å²) in [6, 6.07) is 0. The monoisotopic (exact) mass is 279 g/mol. The van der Waals surface area contributed by atoms with Gasteiger partial charge in [0.1, 0.15) is 0 Å². The molecule has 0 aromatic heterocycles. The van der Waals surface area contributed by atoms with Gasteiger partial charge in [-0.05, 0) is 12.8 Å². The van der Waals surface area contributed by atoms with Crippen molar-refractivity contribution in [3.8, 4) is 0 Å². The molecule has 0 amide bonds. The fraction of sp³-hybridized carbons (Fsp3) is 0.909. The lowest BCUT2D eigenvalue weighted by Gasteiger charge is -2.21. The maximum atomic E-state index is 11.4. The van der Waals surface area contributed by atoms with E-state index in [-0.39, 0.29) is 24.8 Å². The van der Waals surface area contributed by atoms with Gasteiger partial charge in [0, 0.05) is 6.54 Å². The maximum absolute atomic E-state index is 11.4. The average Bonchev–Trinajstić information content (AvgIpc) is 2.34. The Bertz CT molecular complexity index is 348. The molecule has 0 aliphatic heterocycles. The van der Waals surface area contributed by atoms with Gasteiger partial charge < -0.3 is 9.84 Å². The second-order valence-corrected chi connectivity index (χ2v) is 6.41. The van der Waals surface area contributed by atoms with E-state index in [1.54, 1.807) is 0 Å². The summed E-state index contributed by atoms with van der Waals surface area (Å²) in [6.45, 7) is 0.551. The molecule has 0 aromatic carbocycles. The molecule has 18 heavy (non-hydrogen) atoms. The van der Waals surface area contributed by atoms with Gasteiger partial charge in [-0.25, -0.2) is 13.1 Å². The van der Waals surface area contributed by atoms with E-state index in [9.17, 15) is 13.2 Å². The summed E-state index contributed by atoms with van der Waals surface area (Å²) < 4.78 is 30.6. The molecule has 7 heteroatoms. The minimum Gasteiger partial charge on any atom is -0.481 e. The number of aliphatic carboxylic acids is 1. The summed E-state index contributed by atoms with van der Waals surface area (Å²) in [7, 11) is -3.49. The molecule has 0 heterocycles. The topological polar surface area (TPSA) is 92.7 Å². The van der Waals surface area contributed by atoms with Gasteiger partial charge >= 0.3 is 5.97 Å². The van der Waals surface area contributed by atoms with Gasteiger partial charge in [-0.1, -0.05) is 19.3 Å². The minimum atomic E-state index is -3.49. The highest BCUT2D eigenvalue weighted by atomic mass is 32.2. The van der Waals surface area contributed by atoms with E-state index >= 15 is 0 Å². The molecule has 1 saturated carbocycles. The second-order valence-electron chi connectivity index (χ2n) is 4.49. The lowest BCUT2D eigenvalue weighted by molar-refractivity contribution is -0.136. The van der Waals surface area contributed by atoms with Crippen LogP contribution in [0.5, 0.6) is 0 Å². The minimum absolute atomic E-state index is 0.207. The third-order valence-electron chi connectivity index (χ3n) is 2.91. The number of carboxylic acids is 1. The zero-order valence-electron chi connectivity index (χ0n) is 10.4. The van der Waals surface area contributed by atoms with Crippen LogP contribution in [-0.2, 0) is 19.6 Å². The molecule has 0 unspecified atom stereocenters. The van der Waals surface area contributed by atoms with Gasteiger partial charge in [0.15, 0.2) is 0 Å². The van der Waals surface area contributed by atoms with Gasteiger partial charge in [-0.2, -0.15) is 0 Å². The number of carboxylic acid groups (broad SMARTS) is 1. The first kappa shape index (κ1) is 15.4.